The molecule has 0 saturated heterocycles. The molecule has 0 radical (unpaired) electrons. The molecule has 31 heavy (non-hydrogen) atoms. The lowest BCUT2D eigenvalue weighted by atomic mass is 10.1. The van der Waals surface area contributed by atoms with Crippen LogP contribution in [0.5, 0.6) is 5.75 Å². The highest BCUT2D eigenvalue weighted by Gasteiger charge is 2.13. The highest BCUT2D eigenvalue weighted by Crippen LogP contribution is 2.23. The van der Waals surface area contributed by atoms with Crippen molar-refractivity contribution < 1.29 is 9.53 Å². The second-order valence-electron chi connectivity index (χ2n) is 7.22. The van der Waals surface area contributed by atoms with Crippen LogP contribution >= 0.6 is 0 Å². The maximum atomic E-state index is 13.0. The molecule has 4 nitrogen and oxygen atoms in total. The van der Waals surface area contributed by atoms with E-state index in [1.165, 1.54) is 0 Å². The number of rotatable bonds is 4. The Morgan fingerprint density at radius 2 is 1.81 bits per heavy atom. The summed E-state index contributed by atoms with van der Waals surface area (Å²) in [7, 11) is 0. The minimum absolute atomic E-state index is 0.202. The van der Waals surface area contributed by atoms with Crippen LogP contribution in [0.1, 0.15) is 27.0 Å². The Balaban J connectivity index is 1.49. The smallest absolute Gasteiger partial charge is 0.256 e. The van der Waals surface area contributed by atoms with Crippen molar-refractivity contribution in [1.82, 2.24) is 4.98 Å². The summed E-state index contributed by atoms with van der Waals surface area (Å²) >= 11 is 0. The first-order valence-electron chi connectivity index (χ1n) is 10.0. The monoisotopic (exact) mass is 406 g/mol. The highest BCUT2D eigenvalue weighted by atomic mass is 16.5. The van der Waals surface area contributed by atoms with Gasteiger partial charge in [-0.05, 0) is 55.3 Å². The van der Waals surface area contributed by atoms with Gasteiger partial charge in [0.05, 0.1) is 11.2 Å². The first kappa shape index (κ1) is 20.2. The number of nitrogens with zero attached hydrogens (tertiary/aromatic N) is 1. The molecule has 0 aliphatic carbocycles. The number of carbonyl (C=O) groups excluding carboxylic acids is 1. The zero-order chi connectivity index (χ0) is 21.6. The molecule has 4 rings (SSSR count). The molecule has 1 heterocycles. The van der Waals surface area contributed by atoms with Gasteiger partial charge < -0.3 is 10.1 Å². The summed E-state index contributed by atoms with van der Waals surface area (Å²) in [4.78, 5) is 17.4. The standard InChI is InChI=1S/C27H22N2O2/c1-19-8-3-4-9-21(19)12-7-17-31-23-15-14-20(2)24(18-23)27(30)29-25-13-5-10-22-11-6-16-28-26(22)25/h3-6,8-11,13-16,18H,17H2,1-2H3,(H,29,30). The maximum Gasteiger partial charge on any atom is 0.256 e. The van der Waals surface area contributed by atoms with Crippen molar-refractivity contribution in [2.24, 2.45) is 0 Å². The van der Waals surface area contributed by atoms with E-state index < -0.39 is 0 Å². The number of fused-ring (bicyclic) bond motifs is 1. The minimum Gasteiger partial charge on any atom is -0.481 e. The van der Waals surface area contributed by atoms with Gasteiger partial charge in [0.1, 0.15) is 12.4 Å². The minimum atomic E-state index is -0.202. The molecule has 0 atom stereocenters. The summed E-state index contributed by atoms with van der Waals surface area (Å²) in [5, 5.41) is 3.95. The molecular weight excluding hydrogens is 384 g/mol. The van der Waals surface area contributed by atoms with Gasteiger partial charge in [0.25, 0.3) is 5.91 Å². The lowest BCUT2D eigenvalue weighted by molar-refractivity contribution is 0.102. The number of ether oxygens (including phenoxy) is 1. The predicted molar refractivity (Wildman–Crippen MR) is 124 cm³/mol. The van der Waals surface area contributed by atoms with Crippen LogP contribution in [0, 0.1) is 25.7 Å². The number of benzene rings is 3. The molecule has 152 valence electrons. The van der Waals surface area contributed by atoms with E-state index in [2.05, 4.69) is 22.1 Å². The van der Waals surface area contributed by atoms with Crippen molar-refractivity contribution in [2.45, 2.75) is 13.8 Å². The Hall–Kier alpha value is -4.10. The number of pyridine rings is 1. The van der Waals surface area contributed by atoms with Crippen LogP contribution in [0.3, 0.4) is 0 Å². The van der Waals surface area contributed by atoms with Crippen LogP contribution in [0.25, 0.3) is 10.9 Å². The Labute approximate surface area is 181 Å². The van der Waals surface area contributed by atoms with Crippen LogP contribution in [0.2, 0.25) is 0 Å². The van der Waals surface area contributed by atoms with Gasteiger partial charge in [0.15, 0.2) is 0 Å². The van der Waals surface area contributed by atoms with Gasteiger partial charge in [-0.25, -0.2) is 0 Å². The molecule has 1 N–H and O–H groups in total. The van der Waals surface area contributed by atoms with Crippen molar-refractivity contribution in [3.63, 3.8) is 0 Å². The summed E-state index contributed by atoms with van der Waals surface area (Å²) in [6.45, 7) is 4.17. The van der Waals surface area contributed by atoms with Gasteiger partial charge in [-0.2, -0.15) is 0 Å². The van der Waals surface area contributed by atoms with Gasteiger partial charge >= 0.3 is 0 Å². The van der Waals surface area contributed by atoms with Gasteiger partial charge in [0.2, 0.25) is 0 Å². The Kier molecular flexibility index (Phi) is 5.96. The van der Waals surface area contributed by atoms with Gasteiger partial charge in [0, 0.05) is 22.7 Å². The first-order valence-corrected chi connectivity index (χ1v) is 10.0. The zero-order valence-corrected chi connectivity index (χ0v) is 17.5. The Morgan fingerprint density at radius 1 is 0.968 bits per heavy atom. The van der Waals surface area contributed by atoms with Crippen LogP contribution in [-0.4, -0.2) is 17.5 Å². The van der Waals surface area contributed by atoms with Crippen molar-refractivity contribution >= 4 is 22.5 Å². The second-order valence-corrected chi connectivity index (χ2v) is 7.22. The molecule has 3 aromatic carbocycles. The van der Waals surface area contributed by atoms with E-state index in [0.717, 1.165) is 27.6 Å². The molecule has 0 unspecified atom stereocenters. The Morgan fingerprint density at radius 3 is 2.68 bits per heavy atom. The quantitative estimate of drug-likeness (QED) is 0.453. The van der Waals surface area contributed by atoms with E-state index in [0.29, 0.717) is 17.0 Å². The van der Waals surface area contributed by atoms with E-state index >= 15 is 0 Å². The number of amides is 1. The average Bonchev–Trinajstić information content (AvgIpc) is 2.79. The second kappa shape index (κ2) is 9.15. The third-order valence-electron chi connectivity index (χ3n) is 5.01. The molecule has 0 bridgehead atoms. The maximum absolute atomic E-state index is 13.0. The summed E-state index contributed by atoms with van der Waals surface area (Å²) < 4.78 is 5.77. The van der Waals surface area contributed by atoms with Crippen molar-refractivity contribution in [3.8, 4) is 17.6 Å². The summed E-state index contributed by atoms with van der Waals surface area (Å²) in [5.74, 6) is 6.55. The molecule has 1 aromatic heterocycles. The van der Waals surface area contributed by atoms with Gasteiger partial charge in [-0.15, -0.1) is 0 Å². The van der Waals surface area contributed by atoms with Crippen LogP contribution in [-0.2, 0) is 0 Å². The van der Waals surface area contributed by atoms with E-state index in [1.54, 1.807) is 12.3 Å². The van der Waals surface area contributed by atoms with E-state index in [9.17, 15) is 4.79 Å². The number of carbonyl (C=O) groups is 1. The lowest BCUT2D eigenvalue weighted by Crippen LogP contribution is -2.14. The molecule has 0 aliphatic rings. The average molecular weight is 406 g/mol. The normalized spacial score (nSPS) is 10.3. The van der Waals surface area contributed by atoms with Crippen LogP contribution in [0.15, 0.2) is 79.0 Å². The fourth-order valence-corrected chi connectivity index (χ4v) is 3.29. The van der Waals surface area contributed by atoms with E-state index in [4.69, 9.17) is 4.74 Å². The largest absolute Gasteiger partial charge is 0.481 e. The summed E-state index contributed by atoms with van der Waals surface area (Å²) in [6.07, 6.45) is 1.72. The fraction of sp³-hybridized carbons (Fsp3) is 0.111. The zero-order valence-electron chi connectivity index (χ0n) is 17.5. The molecule has 0 saturated carbocycles. The topological polar surface area (TPSA) is 51.2 Å². The molecule has 4 heteroatoms. The molecule has 0 fully saturated rings. The number of nitrogens with one attached hydrogen (secondary N) is 1. The van der Waals surface area contributed by atoms with Gasteiger partial charge in [-0.1, -0.05) is 54.3 Å². The number of hydrogen-bond donors (Lipinski definition) is 1. The molecule has 1 amide bonds. The summed E-state index contributed by atoms with van der Waals surface area (Å²) in [6, 6.07) is 23.0. The SMILES string of the molecule is Cc1ccccc1C#CCOc1ccc(C)c(C(=O)Nc2cccc3cccnc23)c1. The number of para-hydroxylation sites is 1. The third-order valence-corrected chi connectivity index (χ3v) is 5.01. The van der Waals surface area contributed by atoms with Crippen LogP contribution in [0.4, 0.5) is 5.69 Å². The number of aromatic nitrogens is 1. The molecule has 0 spiro atoms. The number of hydrogen-bond acceptors (Lipinski definition) is 3. The predicted octanol–water partition coefficient (Wildman–Crippen LogP) is 5.53. The van der Waals surface area contributed by atoms with E-state index in [1.807, 2.05) is 80.6 Å². The van der Waals surface area contributed by atoms with E-state index in [-0.39, 0.29) is 12.5 Å². The Bertz CT molecular complexity index is 1310. The summed E-state index contributed by atoms with van der Waals surface area (Å²) in [5.41, 5.74) is 4.97. The van der Waals surface area contributed by atoms with Crippen molar-refractivity contribution in [2.75, 3.05) is 11.9 Å². The molecular formula is C27H22N2O2. The van der Waals surface area contributed by atoms with Gasteiger partial charge in [-0.3, -0.25) is 9.78 Å². The number of aryl methyl sites for hydroxylation is 2. The highest BCUT2D eigenvalue weighted by molar-refractivity contribution is 6.09. The third kappa shape index (κ3) is 4.73. The number of anilines is 1. The molecule has 4 aromatic rings. The molecule has 0 aliphatic heterocycles. The van der Waals surface area contributed by atoms with Crippen molar-refractivity contribution in [3.05, 3.63) is 101 Å². The lowest BCUT2D eigenvalue weighted by Gasteiger charge is -2.11. The van der Waals surface area contributed by atoms with Crippen molar-refractivity contribution in [1.29, 1.82) is 0 Å². The first-order chi connectivity index (χ1) is 15.1. The van der Waals surface area contributed by atoms with Crippen LogP contribution < -0.4 is 10.1 Å². The fourth-order valence-electron chi connectivity index (χ4n) is 3.29.